The molecule has 0 spiro atoms. The Balaban J connectivity index is 2.27. The molecule has 0 bridgehead atoms. The highest BCUT2D eigenvalue weighted by Crippen LogP contribution is 2.34. The van der Waals surface area contributed by atoms with Gasteiger partial charge in [-0.3, -0.25) is 0 Å². The highest BCUT2D eigenvalue weighted by Gasteiger charge is 2.09. The monoisotopic (exact) mass is 379 g/mol. The molecule has 0 saturated heterocycles. The van der Waals surface area contributed by atoms with Gasteiger partial charge in [-0.15, -0.1) is 5.11 Å². The molecule has 0 saturated carbocycles. The summed E-state index contributed by atoms with van der Waals surface area (Å²) in [5.41, 5.74) is 2.34. The van der Waals surface area contributed by atoms with E-state index in [0.29, 0.717) is 35.8 Å². The predicted octanol–water partition coefficient (Wildman–Crippen LogP) is 1.56. The van der Waals surface area contributed by atoms with Crippen molar-refractivity contribution < 1.29 is 18.6 Å². The van der Waals surface area contributed by atoms with E-state index in [1.807, 2.05) is 6.07 Å². The molecule has 0 heterocycles. The zero-order valence-electron chi connectivity index (χ0n) is 14.0. The largest absolute Gasteiger partial charge is 0.395 e. The van der Waals surface area contributed by atoms with Crippen LogP contribution in [0.3, 0.4) is 0 Å². The van der Waals surface area contributed by atoms with Gasteiger partial charge in [-0.2, -0.15) is 5.11 Å². The number of nitrogens with zero attached hydrogens (tertiary/aromatic N) is 2. The molecule has 0 aliphatic carbocycles. The Morgan fingerprint density at radius 3 is 2.19 bits per heavy atom. The van der Waals surface area contributed by atoms with Crippen LogP contribution in [0.4, 0.5) is 22.7 Å². The van der Waals surface area contributed by atoms with Gasteiger partial charge >= 0.3 is 0 Å². The second-order valence-corrected chi connectivity index (χ2v) is 6.80. The fourth-order valence-corrected chi connectivity index (χ4v) is 2.66. The minimum absolute atomic E-state index is 0.00282. The first-order valence-electron chi connectivity index (χ1n) is 7.83. The normalized spacial score (nSPS) is 11.7. The van der Waals surface area contributed by atoms with E-state index in [9.17, 15) is 8.42 Å². The SMILES string of the molecule is NS(=O)(=O)c1ccc(N=Nc2cccc(NCCO)c2NCCO)cc1. The molecule has 2 aromatic carbocycles. The van der Waals surface area contributed by atoms with E-state index in [2.05, 4.69) is 20.9 Å². The van der Waals surface area contributed by atoms with Crippen molar-refractivity contribution >= 4 is 32.8 Å². The number of hydrogen-bond donors (Lipinski definition) is 5. The second kappa shape index (κ2) is 9.25. The summed E-state index contributed by atoms with van der Waals surface area (Å²) in [5.74, 6) is 0. The number of aliphatic hydroxyl groups is 2. The summed E-state index contributed by atoms with van der Waals surface area (Å²) < 4.78 is 22.5. The highest BCUT2D eigenvalue weighted by atomic mass is 32.2. The molecule has 26 heavy (non-hydrogen) atoms. The van der Waals surface area contributed by atoms with Crippen LogP contribution in [0.15, 0.2) is 57.6 Å². The smallest absolute Gasteiger partial charge is 0.238 e. The first-order chi connectivity index (χ1) is 12.5. The second-order valence-electron chi connectivity index (χ2n) is 5.24. The van der Waals surface area contributed by atoms with Crippen molar-refractivity contribution in [1.29, 1.82) is 0 Å². The maximum absolute atomic E-state index is 11.3. The number of azo groups is 1. The van der Waals surface area contributed by atoms with Crippen LogP contribution < -0.4 is 15.8 Å². The van der Waals surface area contributed by atoms with Gasteiger partial charge in [0.1, 0.15) is 5.69 Å². The fraction of sp³-hybridized carbons (Fsp3) is 0.250. The molecule has 0 fully saturated rings. The van der Waals surface area contributed by atoms with E-state index in [0.717, 1.165) is 0 Å². The van der Waals surface area contributed by atoms with Crippen molar-refractivity contribution in [1.82, 2.24) is 0 Å². The fourth-order valence-electron chi connectivity index (χ4n) is 2.14. The molecule has 6 N–H and O–H groups in total. The topological polar surface area (TPSA) is 149 Å². The molecule has 2 rings (SSSR count). The standard InChI is InChI=1S/C16H21N5O4S/c17-26(24,25)13-6-4-12(5-7-13)20-21-15-3-1-2-14(18-8-10-22)16(15)19-9-11-23/h1-7,18-19,22-23H,8-11H2,(H2,17,24,25). The van der Waals surface area contributed by atoms with Crippen LogP contribution in [0.25, 0.3) is 0 Å². The molecule has 0 unspecified atom stereocenters. The van der Waals surface area contributed by atoms with Gasteiger partial charge in [0, 0.05) is 13.1 Å². The third-order valence-corrected chi connectivity index (χ3v) is 4.25. The lowest BCUT2D eigenvalue weighted by Gasteiger charge is -2.14. The summed E-state index contributed by atoms with van der Waals surface area (Å²) in [6, 6.07) is 11.0. The number of nitrogens with one attached hydrogen (secondary N) is 2. The van der Waals surface area contributed by atoms with Crippen molar-refractivity contribution in [3.8, 4) is 0 Å². The minimum Gasteiger partial charge on any atom is -0.395 e. The van der Waals surface area contributed by atoms with Gasteiger partial charge in [-0.25, -0.2) is 13.6 Å². The molecule has 2 aromatic rings. The number of nitrogens with two attached hydrogens (primary N) is 1. The summed E-state index contributed by atoms with van der Waals surface area (Å²) in [5, 5.41) is 37.5. The van der Waals surface area contributed by atoms with Crippen LogP contribution in [0.1, 0.15) is 0 Å². The zero-order chi connectivity index (χ0) is 19.0. The van der Waals surface area contributed by atoms with E-state index in [1.54, 1.807) is 12.1 Å². The van der Waals surface area contributed by atoms with E-state index >= 15 is 0 Å². The van der Waals surface area contributed by atoms with Gasteiger partial charge in [-0.05, 0) is 36.4 Å². The van der Waals surface area contributed by atoms with Crippen LogP contribution in [-0.4, -0.2) is 44.9 Å². The number of rotatable bonds is 9. The third kappa shape index (κ3) is 5.49. The van der Waals surface area contributed by atoms with Gasteiger partial charge in [0.05, 0.1) is 35.2 Å². The van der Waals surface area contributed by atoms with Gasteiger partial charge in [0.25, 0.3) is 0 Å². The van der Waals surface area contributed by atoms with Crippen molar-refractivity contribution in [2.45, 2.75) is 4.90 Å². The number of anilines is 2. The number of benzene rings is 2. The van der Waals surface area contributed by atoms with Crippen molar-refractivity contribution in [3.63, 3.8) is 0 Å². The number of primary sulfonamides is 1. The molecule has 0 radical (unpaired) electrons. The van der Waals surface area contributed by atoms with Crippen LogP contribution in [0.2, 0.25) is 0 Å². The highest BCUT2D eigenvalue weighted by molar-refractivity contribution is 7.89. The van der Waals surface area contributed by atoms with E-state index in [-0.39, 0.29) is 18.1 Å². The molecule has 140 valence electrons. The van der Waals surface area contributed by atoms with Crippen molar-refractivity contribution in [2.24, 2.45) is 15.4 Å². The first kappa shape index (κ1) is 19.8. The van der Waals surface area contributed by atoms with Gasteiger partial charge in [-0.1, -0.05) is 6.07 Å². The van der Waals surface area contributed by atoms with E-state index < -0.39 is 10.0 Å². The summed E-state index contributed by atoms with van der Waals surface area (Å²) in [6.45, 7) is 0.606. The third-order valence-electron chi connectivity index (χ3n) is 3.32. The molecule has 9 nitrogen and oxygen atoms in total. The Kier molecular flexibility index (Phi) is 7.04. The van der Waals surface area contributed by atoms with Crippen LogP contribution in [0, 0.1) is 0 Å². The van der Waals surface area contributed by atoms with E-state index in [4.69, 9.17) is 15.4 Å². The average molecular weight is 379 g/mol. The number of hydrogen-bond acceptors (Lipinski definition) is 8. The van der Waals surface area contributed by atoms with Crippen molar-refractivity contribution in [2.75, 3.05) is 36.9 Å². The summed E-state index contributed by atoms with van der Waals surface area (Å²) in [4.78, 5) is -0.00282. The molecule has 0 aliphatic heterocycles. The lowest BCUT2D eigenvalue weighted by Crippen LogP contribution is -2.11. The van der Waals surface area contributed by atoms with Crippen LogP contribution >= 0.6 is 0 Å². The van der Waals surface area contributed by atoms with Crippen LogP contribution in [-0.2, 0) is 10.0 Å². The molecule has 10 heteroatoms. The number of aliphatic hydroxyl groups excluding tert-OH is 2. The maximum Gasteiger partial charge on any atom is 0.238 e. The maximum atomic E-state index is 11.3. The summed E-state index contributed by atoms with van der Waals surface area (Å²) in [6.07, 6.45) is 0. The first-order valence-corrected chi connectivity index (χ1v) is 9.37. The van der Waals surface area contributed by atoms with Crippen molar-refractivity contribution in [3.05, 3.63) is 42.5 Å². The zero-order valence-corrected chi connectivity index (χ0v) is 14.8. The molecule has 0 amide bonds. The quantitative estimate of drug-likeness (QED) is 0.417. The molecule has 0 aromatic heterocycles. The Labute approximate surface area is 151 Å². The number of sulfonamides is 1. The predicted molar refractivity (Wildman–Crippen MR) is 99.6 cm³/mol. The van der Waals surface area contributed by atoms with Gasteiger partial charge in [0.15, 0.2) is 0 Å². The van der Waals surface area contributed by atoms with Crippen LogP contribution in [0.5, 0.6) is 0 Å². The number of para-hydroxylation sites is 1. The van der Waals surface area contributed by atoms with Gasteiger partial charge in [0.2, 0.25) is 10.0 Å². The Morgan fingerprint density at radius 1 is 0.923 bits per heavy atom. The molecular weight excluding hydrogens is 358 g/mol. The van der Waals surface area contributed by atoms with Gasteiger partial charge < -0.3 is 20.8 Å². The summed E-state index contributed by atoms with van der Waals surface area (Å²) in [7, 11) is -3.75. The average Bonchev–Trinajstić information content (AvgIpc) is 2.63. The summed E-state index contributed by atoms with van der Waals surface area (Å²) >= 11 is 0. The molecule has 0 aliphatic rings. The molecule has 0 atom stereocenters. The van der Waals surface area contributed by atoms with E-state index in [1.165, 1.54) is 24.3 Å². The Morgan fingerprint density at radius 2 is 1.58 bits per heavy atom. The molecular formula is C16H21N5O4S. The Hall–Kier alpha value is -2.53. The lowest BCUT2D eigenvalue weighted by atomic mass is 10.2. The Bertz CT molecular complexity index is 853. The lowest BCUT2D eigenvalue weighted by molar-refractivity contribution is 0.310. The minimum atomic E-state index is -3.75.